The van der Waals surface area contributed by atoms with Crippen molar-refractivity contribution < 1.29 is 0 Å². The summed E-state index contributed by atoms with van der Waals surface area (Å²) in [5.41, 5.74) is 11.2. The molecule has 0 radical (unpaired) electrons. The molecular weight excluding hydrogens is 737 g/mol. The van der Waals surface area contributed by atoms with E-state index in [0.29, 0.717) is 0 Å². The lowest BCUT2D eigenvalue weighted by atomic mass is 9.84. The van der Waals surface area contributed by atoms with Crippen LogP contribution in [0.3, 0.4) is 0 Å². The van der Waals surface area contributed by atoms with Crippen molar-refractivity contribution in [1.82, 2.24) is 4.98 Å². The summed E-state index contributed by atoms with van der Waals surface area (Å²) in [6, 6.07) is 83.9. The van der Waals surface area contributed by atoms with Crippen molar-refractivity contribution in [2.75, 3.05) is 4.90 Å². The normalized spacial score (nSPS) is 11.6. The Morgan fingerprint density at radius 2 is 0.738 bits per heavy atom. The molecule has 2 nitrogen and oxygen atoms in total. The van der Waals surface area contributed by atoms with E-state index < -0.39 is 0 Å². The molecule has 0 atom stereocenters. The van der Waals surface area contributed by atoms with E-state index in [4.69, 9.17) is 4.98 Å². The first-order valence-corrected chi connectivity index (χ1v) is 21.0. The van der Waals surface area contributed by atoms with Crippen molar-refractivity contribution in [3.8, 4) is 33.5 Å². The lowest BCUT2D eigenvalue weighted by Crippen LogP contribution is -2.09. The molecule has 12 rings (SSSR count). The summed E-state index contributed by atoms with van der Waals surface area (Å²) >= 11 is 0. The van der Waals surface area contributed by atoms with Crippen molar-refractivity contribution in [2.45, 2.75) is 0 Å². The SMILES string of the molecule is c1ccc(N(c2ccccc2)c2ccc3c(-c4ccc5ccccc5c4)c4cc(-c5nc6ccccc6c6ccccc56)ccc4c(-c4ccc5ccccc5c4)c3c2)cc1. The second-order valence-corrected chi connectivity index (χ2v) is 15.9. The Hall–Kier alpha value is -8.07. The number of pyridine rings is 1. The Kier molecular flexibility index (Phi) is 8.21. The molecule has 0 aliphatic rings. The van der Waals surface area contributed by atoms with Gasteiger partial charge in [-0.3, -0.25) is 0 Å². The van der Waals surface area contributed by atoms with Gasteiger partial charge in [0.05, 0.1) is 11.2 Å². The summed E-state index contributed by atoms with van der Waals surface area (Å²) in [6.07, 6.45) is 0. The average molecular weight is 775 g/mol. The molecule has 0 unspecified atom stereocenters. The third kappa shape index (κ3) is 5.92. The van der Waals surface area contributed by atoms with E-state index in [-0.39, 0.29) is 0 Å². The quantitative estimate of drug-likeness (QED) is 0.124. The fourth-order valence-electron chi connectivity index (χ4n) is 9.54. The molecule has 0 aliphatic heterocycles. The van der Waals surface area contributed by atoms with Crippen molar-refractivity contribution in [1.29, 1.82) is 0 Å². The van der Waals surface area contributed by atoms with Crippen LogP contribution in [-0.2, 0) is 0 Å². The van der Waals surface area contributed by atoms with Crippen LogP contribution in [0.25, 0.3) is 98.3 Å². The maximum absolute atomic E-state index is 5.38. The van der Waals surface area contributed by atoms with Crippen LogP contribution < -0.4 is 4.90 Å². The Bertz CT molecular complexity index is 3610. The highest BCUT2D eigenvalue weighted by atomic mass is 15.1. The molecule has 2 heteroatoms. The molecule has 1 aromatic heterocycles. The molecule has 0 bridgehead atoms. The van der Waals surface area contributed by atoms with Gasteiger partial charge in [0.25, 0.3) is 0 Å². The van der Waals surface area contributed by atoms with Crippen molar-refractivity contribution in [3.05, 3.63) is 231 Å². The molecule has 0 aliphatic carbocycles. The van der Waals surface area contributed by atoms with Gasteiger partial charge in [-0.15, -0.1) is 0 Å². The van der Waals surface area contributed by atoms with Gasteiger partial charge < -0.3 is 4.90 Å². The molecule has 12 aromatic rings. The zero-order valence-corrected chi connectivity index (χ0v) is 33.3. The van der Waals surface area contributed by atoms with E-state index in [9.17, 15) is 0 Å². The molecule has 0 fully saturated rings. The second-order valence-electron chi connectivity index (χ2n) is 15.9. The molecule has 0 saturated carbocycles. The maximum Gasteiger partial charge on any atom is 0.0788 e. The molecule has 0 saturated heterocycles. The Morgan fingerprint density at radius 3 is 1.36 bits per heavy atom. The average Bonchev–Trinajstić information content (AvgIpc) is 3.33. The van der Waals surface area contributed by atoms with Crippen molar-refractivity contribution in [2.24, 2.45) is 0 Å². The van der Waals surface area contributed by atoms with Gasteiger partial charge in [-0.05, 0) is 131 Å². The van der Waals surface area contributed by atoms with Crippen LogP contribution in [0.15, 0.2) is 231 Å². The summed E-state index contributed by atoms with van der Waals surface area (Å²) < 4.78 is 0. The number of para-hydroxylation sites is 3. The number of hydrogen-bond acceptors (Lipinski definition) is 2. The van der Waals surface area contributed by atoms with Crippen LogP contribution in [0, 0.1) is 0 Å². The van der Waals surface area contributed by atoms with Gasteiger partial charge in [-0.25, -0.2) is 4.98 Å². The zero-order chi connectivity index (χ0) is 40.3. The third-order valence-corrected chi connectivity index (χ3v) is 12.3. The predicted octanol–water partition coefficient (Wildman–Crippen LogP) is 16.5. The summed E-state index contributed by atoms with van der Waals surface area (Å²) in [6.45, 7) is 0. The Balaban J connectivity index is 1.22. The minimum Gasteiger partial charge on any atom is -0.310 e. The Labute approximate surface area is 354 Å². The highest BCUT2D eigenvalue weighted by molar-refractivity contribution is 6.23. The van der Waals surface area contributed by atoms with E-state index in [1.165, 1.54) is 76.1 Å². The molecule has 61 heavy (non-hydrogen) atoms. The first-order valence-electron chi connectivity index (χ1n) is 21.0. The zero-order valence-electron chi connectivity index (χ0n) is 33.3. The number of nitrogens with zero attached hydrogens (tertiary/aromatic N) is 2. The van der Waals surface area contributed by atoms with Crippen molar-refractivity contribution in [3.63, 3.8) is 0 Å². The van der Waals surface area contributed by atoms with Gasteiger partial charge in [-0.1, -0.05) is 170 Å². The van der Waals surface area contributed by atoms with Crippen LogP contribution in [0.2, 0.25) is 0 Å². The van der Waals surface area contributed by atoms with Crippen LogP contribution >= 0.6 is 0 Å². The Morgan fingerprint density at radius 1 is 0.262 bits per heavy atom. The maximum atomic E-state index is 5.38. The van der Waals surface area contributed by atoms with E-state index in [1.807, 2.05) is 0 Å². The highest BCUT2D eigenvalue weighted by Crippen LogP contribution is 2.48. The first-order chi connectivity index (χ1) is 30.2. The van der Waals surface area contributed by atoms with Gasteiger partial charge >= 0.3 is 0 Å². The fourth-order valence-corrected chi connectivity index (χ4v) is 9.54. The standard InChI is InChI=1S/C59H38N2/c1-3-19-46(20-4-1)61(47-21-5-2-6-22-47)48-32-34-52-55(38-48)58(44-30-28-40-16-8-10-18-42(40)36-44)51-33-31-45(37-54(51)57(52)43-29-27-39-15-7-9-17-41(39)35-43)59-53-25-12-11-23-49(53)50-24-13-14-26-56(50)60-59/h1-38H. The van der Waals surface area contributed by atoms with E-state index >= 15 is 0 Å². The molecule has 1 heterocycles. The summed E-state index contributed by atoms with van der Waals surface area (Å²) in [7, 11) is 0. The minimum atomic E-state index is 0.990. The number of rotatable bonds is 6. The topological polar surface area (TPSA) is 16.1 Å². The van der Waals surface area contributed by atoms with Gasteiger partial charge in [-0.2, -0.15) is 0 Å². The fraction of sp³-hybridized carbons (Fsp3) is 0. The molecule has 0 spiro atoms. The summed E-state index contributed by atoms with van der Waals surface area (Å²) in [4.78, 5) is 7.75. The van der Waals surface area contributed by atoms with Crippen molar-refractivity contribution >= 4 is 81.8 Å². The highest BCUT2D eigenvalue weighted by Gasteiger charge is 2.22. The molecule has 0 N–H and O–H groups in total. The smallest absolute Gasteiger partial charge is 0.0788 e. The molecule has 0 amide bonds. The number of anilines is 3. The lowest BCUT2D eigenvalue weighted by Gasteiger charge is -2.27. The number of benzene rings is 11. The molecule has 284 valence electrons. The van der Waals surface area contributed by atoms with Crippen LogP contribution in [0.1, 0.15) is 0 Å². The van der Waals surface area contributed by atoms with E-state index in [1.54, 1.807) is 0 Å². The van der Waals surface area contributed by atoms with Gasteiger partial charge in [0.1, 0.15) is 0 Å². The monoisotopic (exact) mass is 774 g/mol. The summed E-state index contributed by atoms with van der Waals surface area (Å²) in [5, 5.41) is 13.2. The molecular formula is C59H38N2. The predicted molar refractivity (Wildman–Crippen MR) is 260 cm³/mol. The van der Waals surface area contributed by atoms with Gasteiger partial charge in [0.15, 0.2) is 0 Å². The number of hydrogen-bond donors (Lipinski definition) is 0. The van der Waals surface area contributed by atoms with Gasteiger partial charge in [0.2, 0.25) is 0 Å². The number of aromatic nitrogens is 1. The van der Waals surface area contributed by atoms with Gasteiger partial charge in [0, 0.05) is 33.4 Å². The van der Waals surface area contributed by atoms with Crippen LogP contribution in [0.4, 0.5) is 17.1 Å². The van der Waals surface area contributed by atoms with Crippen LogP contribution in [0.5, 0.6) is 0 Å². The number of fused-ring (bicyclic) bond motifs is 7. The first kappa shape index (κ1) is 34.9. The van der Waals surface area contributed by atoms with Crippen LogP contribution in [-0.4, -0.2) is 4.98 Å². The third-order valence-electron chi connectivity index (χ3n) is 12.3. The molecule has 11 aromatic carbocycles. The largest absolute Gasteiger partial charge is 0.310 e. The lowest BCUT2D eigenvalue weighted by molar-refractivity contribution is 1.29. The minimum absolute atomic E-state index is 0.990. The van der Waals surface area contributed by atoms with E-state index in [2.05, 4.69) is 235 Å². The van der Waals surface area contributed by atoms with E-state index in [0.717, 1.165) is 39.2 Å². The second kappa shape index (κ2) is 14.3. The summed E-state index contributed by atoms with van der Waals surface area (Å²) in [5.74, 6) is 0.